The van der Waals surface area contributed by atoms with Crippen molar-refractivity contribution in [1.29, 1.82) is 5.26 Å². The second kappa shape index (κ2) is 9.36. The van der Waals surface area contributed by atoms with Gasteiger partial charge in [-0.2, -0.15) is 5.26 Å². The van der Waals surface area contributed by atoms with Crippen molar-refractivity contribution in [3.8, 4) is 11.8 Å². The van der Waals surface area contributed by atoms with Gasteiger partial charge in [0.05, 0.1) is 7.11 Å². The number of nitrogens with zero attached hydrogens (tertiary/aromatic N) is 1. The molecule has 0 aromatic heterocycles. The van der Waals surface area contributed by atoms with Gasteiger partial charge >= 0.3 is 0 Å². The maximum Gasteiger partial charge on any atom is 0.267 e. The summed E-state index contributed by atoms with van der Waals surface area (Å²) in [5.41, 5.74) is 1.71. The number of ether oxygens (including phenoxy) is 1. The van der Waals surface area contributed by atoms with Gasteiger partial charge < -0.3 is 15.4 Å². The molecule has 0 saturated carbocycles. The lowest BCUT2D eigenvalue weighted by atomic mass is 10.1. The van der Waals surface area contributed by atoms with E-state index in [4.69, 9.17) is 21.6 Å². The number of carbonyl (C=O) groups is 1. The van der Waals surface area contributed by atoms with Crippen LogP contribution in [0.15, 0.2) is 60.3 Å². The molecule has 2 rings (SSSR count). The predicted molar refractivity (Wildman–Crippen MR) is 98.5 cm³/mol. The van der Waals surface area contributed by atoms with Crippen LogP contribution >= 0.6 is 11.6 Å². The second-order valence-corrected chi connectivity index (χ2v) is 5.62. The fourth-order valence-corrected chi connectivity index (χ4v) is 2.19. The van der Waals surface area contributed by atoms with Gasteiger partial charge in [0.25, 0.3) is 5.91 Å². The Morgan fingerprint density at radius 1 is 1.20 bits per heavy atom. The third-order valence-electron chi connectivity index (χ3n) is 3.43. The van der Waals surface area contributed by atoms with Gasteiger partial charge in [-0.3, -0.25) is 4.79 Å². The van der Waals surface area contributed by atoms with Gasteiger partial charge in [-0.05, 0) is 48.4 Å². The minimum atomic E-state index is -0.466. The number of benzene rings is 2. The van der Waals surface area contributed by atoms with E-state index in [-0.39, 0.29) is 5.57 Å². The maximum absolute atomic E-state index is 12.1. The number of halogens is 1. The van der Waals surface area contributed by atoms with E-state index >= 15 is 0 Å². The number of amides is 1. The van der Waals surface area contributed by atoms with E-state index in [0.717, 1.165) is 12.0 Å². The lowest BCUT2D eigenvalue weighted by Gasteiger charge is -2.06. The molecule has 2 aromatic rings. The molecule has 0 aliphatic rings. The highest BCUT2D eigenvalue weighted by Crippen LogP contribution is 2.15. The Morgan fingerprint density at radius 2 is 1.88 bits per heavy atom. The van der Waals surface area contributed by atoms with Crippen LogP contribution < -0.4 is 15.4 Å². The van der Waals surface area contributed by atoms with Crippen LogP contribution in [0.25, 0.3) is 0 Å². The number of rotatable bonds is 7. The summed E-state index contributed by atoms with van der Waals surface area (Å²) in [5, 5.41) is 15.5. The van der Waals surface area contributed by atoms with Crippen molar-refractivity contribution in [1.82, 2.24) is 5.32 Å². The summed E-state index contributed by atoms with van der Waals surface area (Å²) in [6.45, 7) is 0.600. The molecule has 2 N–H and O–H groups in total. The summed E-state index contributed by atoms with van der Waals surface area (Å²) in [4.78, 5) is 12.1. The molecule has 0 heterocycles. The van der Waals surface area contributed by atoms with Gasteiger partial charge in [0.15, 0.2) is 0 Å². The lowest BCUT2D eigenvalue weighted by Crippen LogP contribution is -2.18. The Morgan fingerprint density at radius 3 is 2.48 bits per heavy atom. The van der Waals surface area contributed by atoms with Crippen LogP contribution in [0.2, 0.25) is 5.02 Å². The first-order valence-corrected chi connectivity index (χ1v) is 8.03. The summed E-state index contributed by atoms with van der Waals surface area (Å²) < 4.78 is 5.06. The number of anilines is 1. The molecule has 25 heavy (non-hydrogen) atoms. The monoisotopic (exact) mass is 355 g/mol. The Kier molecular flexibility index (Phi) is 6.87. The summed E-state index contributed by atoms with van der Waals surface area (Å²) >= 11 is 5.84. The number of carbonyl (C=O) groups excluding carboxylic acids is 1. The molecule has 0 fully saturated rings. The van der Waals surface area contributed by atoms with Crippen molar-refractivity contribution >= 4 is 23.2 Å². The summed E-state index contributed by atoms with van der Waals surface area (Å²) in [7, 11) is 1.57. The molecule has 5 nitrogen and oxygen atoms in total. The third-order valence-corrected chi connectivity index (χ3v) is 3.68. The zero-order chi connectivity index (χ0) is 18.1. The van der Waals surface area contributed by atoms with E-state index in [1.165, 1.54) is 6.20 Å². The highest BCUT2D eigenvalue weighted by molar-refractivity contribution is 6.30. The van der Waals surface area contributed by atoms with Crippen LogP contribution in [0.5, 0.6) is 5.75 Å². The SMILES string of the molecule is COc1ccc(NC(=O)/C(C#N)=C\NCCc2ccc(Cl)cc2)cc1. The summed E-state index contributed by atoms with van der Waals surface area (Å²) in [6.07, 6.45) is 2.18. The minimum Gasteiger partial charge on any atom is -0.497 e. The van der Waals surface area contributed by atoms with Crippen LogP contribution in [0.3, 0.4) is 0 Å². The first-order valence-electron chi connectivity index (χ1n) is 7.66. The molecule has 0 unspecified atom stereocenters. The van der Waals surface area contributed by atoms with Crippen molar-refractivity contribution in [2.45, 2.75) is 6.42 Å². The Labute approximate surface area is 151 Å². The largest absolute Gasteiger partial charge is 0.497 e. The number of nitrogens with one attached hydrogen (secondary N) is 2. The molecule has 0 spiro atoms. The molecular formula is C19H18ClN3O2. The van der Waals surface area contributed by atoms with Crippen LogP contribution in [0.4, 0.5) is 5.69 Å². The van der Waals surface area contributed by atoms with Crippen molar-refractivity contribution in [2.24, 2.45) is 0 Å². The number of hydrogen-bond acceptors (Lipinski definition) is 4. The second-order valence-electron chi connectivity index (χ2n) is 5.18. The Bertz CT molecular complexity index is 778. The van der Waals surface area contributed by atoms with E-state index in [1.807, 2.05) is 30.3 Å². The average Bonchev–Trinajstić information content (AvgIpc) is 2.64. The number of hydrogen-bond donors (Lipinski definition) is 2. The van der Waals surface area contributed by atoms with Gasteiger partial charge in [-0.15, -0.1) is 0 Å². The van der Waals surface area contributed by atoms with Gasteiger partial charge in [0.1, 0.15) is 17.4 Å². The first-order chi connectivity index (χ1) is 12.1. The topological polar surface area (TPSA) is 74.1 Å². The zero-order valence-corrected chi connectivity index (χ0v) is 14.5. The van der Waals surface area contributed by atoms with Gasteiger partial charge in [0, 0.05) is 23.5 Å². The molecule has 1 amide bonds. The van der Waals surface area contributed by atoms with E-state index in [2.05, 4.69) is 10.6 Å². The molecule has 0 atom stereocenters. The van der Waals surface area contributed by atoms with Gasteiger partial charge in [0.2, 0.25) is 0 Å². The lowest BCUT2D eigenvalue weighted by molar-refractivity contribution is -0.112. The maximum atomic E-state index is 12.1. The first kappa shape index (κ1) is 18.4. The fourth-order valence-electron chi connectivity index (χ4n) is 2.06. The van der Waals surface area contributed by atoms with Crippen molar-refractivity contribution in [3.05, 3.63) is 70.9 Å². The van der Waals surface area contributed by atoms with E-state index in [9.17, 15) is 4.79 Å². The molecule has 0 aliphatic heterocycles. The zero-order valence-electron chi connectivity index (χ0n) is 13.8. The highest BCUT2D eigenvalue weighted by atomic mass is 35.5. The summed E-state index contributed by atoms with van der Waals surface area (Å²) in [6, 6.07) is 16.3. The Hall–Kier alpha value is -2.97. The smallest absolute Gasteiger partial charge is 0.267 e. The fraction of sp³-hybridized carbons (Fsp3) is 0.158. The summed E-state index contributed by atoms with van der Waals surface area (Å²) in [5.74, 6) is 0.226. The van der Waals surface area contributed by atoms with Crippen LogP contribution in [-0.2, 0) is 11.2 Å². The molecule has 0 bridgehead atoms. The molecule has 128 valence electrons. The highest BCUT2D eigenvalue weighted by Gasteiger charge is 2.09. The molecule has 0 aliphatic carbocycles. The standard InChI is InChI=1S/C19H18ClN3O2/c1-25-18-8-6-17(7-9-18)23-19(24)15(12-21)13-22-11-10-14-2-4-16(20)5-3-14/h2-9,13,22H,10-11H2,1H3,(H,23,24)/b15-13-. The predicted octanol–water partition coefficient (Wildman–Crippen LogP) is 3.53. The average molecular weight is 356 g/mol. The van der Waals surface area contributed by atoms with Crippen molar-refractivity contribution < 1.29 is 9.53 Å². The van der Waals surface area contributed by atoms with Crippen LogP contribution in [-0.4, -0.2) is 19.6 Å². The molecule has 0 radical (unpaired) electrons. The molecule has 2 aromatic carbocycles. The quantitative estimate of drug-likeness (QED) is 0.452. The molecular weight excluding hydrogens is 338 g/mol. The number of methoxy groups -OCH3 is 1. The normalized spacial score (nSPS) is 10.7. The van der Waals surface area contributed by atoms with Crippen molar-refractivity contribution in [3.63, 3.8) is 0 Å². The molecule has 6 heteroatoms. The van der Waals surface area contributed by atoms with E-state index < -0.39 is 5.91 Å². The van der Waals surface area contributed by atoms with Crippen LogP contribution in [0.1, 0.15) is 5.56 Å². The van der Waals surface area contributed by atoms with E-state index in [1.54, 1.807) is 31.4 Å². The van der Waals surface area contributed by atoms with E-state index in [0.29, 0.717) is 23.0 Å². The van der Waals surface area contributed by atoms with Crippen molar-refractivity contribution in [2.75, 3.05) is 19.0 Å². The Balaban J connectivity index is 1.86. The number of nitriles is 1. The van der Waals surface area contributed by atoms with Crippen LogP contribution in [0, 0.1) is 11.3 Å². The minimum absolute atomic E-state index is 0.00641. The van der Waals surface area contributed by atoms with Gasteiger partial charge in [-0.25, -0.2) is 0 Å². The third kappa shape index (κ3) is 5.87. The molecule has 0 saturated heterocycles. The van der Waals surface area contributed by atoms with Gasteiger partial charge in [-0.1, -0.05) is 23.7 Å².